The predicted molar refractivity (Wildman–Crippen MR) is 94.3 cm³/mol. The van der Waals surface area contributed by atoms with Crippen LogP contribution in [0, 0.1) is 0 Å². The highest BCUT2D eigenvalue weighted by Crippen LogP contribution is 2.33. The van der Waals surface area contributed by atoms with Gasteiger partial charge in [0.15, 0.2) is 5.13 Å². The van der Waals surface area contributed by atoms with Crippen LogP contribution in [0.4, 0.5) is 18.3 Å². The van der Waals surface area contributed by atoms with Gasteiger partial charge in [-0.1, -0.05) is 0 Å². The van der Waals surface area contributed by atoms with Crippen LogP contribution in [0.15, 0.2) is 11.6 Å². The maximum atomic E-state index is 10.6. The van der Waals surface area contributed by atoms with Crippen LogP contribution in [0.2, 0.25) is 0 Å². The molecule has 3 heterocycles. The van der Waals surface area contributed by atoms with Gasteiger partial charge in [0, 0.05) is 50.4 Å². The van der Waals surface area contributed by atoms with E-state index in [0.29, 0.717) is 0 Å². The summed E-state index contributed by atoms with van der Waals surface area (Å²) in [5, 5.41) is 10.3. The SMILES string of the molecule is COCCN1CCOCC12CCN(c1nccs1)CC2.O=C(O)C(F)(F)F. The number of carbonyl (C=O) groups is 1. The highest BCUT2D eigenvalue weighted by Gasteiger charge is 2.42. The Kier molecular flexibility index (Phi) is 7.83. The third kappa shape index (κ3) is 6.03. The lowest BCUT2D eigenvalue weighted by molar-refractivity contribution is -0.192. The molecule has 0 aromatic carbocycles. The average molecular weight is 411 g/mol. The number of morpholine rings is 1. The number of hydrogen-bond acceptors (Lipinski definition) is 7. The maximum Gasteiger partial charge on any atom is 0.490 e. The number of nitrogens with zero attached hydrogens (tertiary/aromatic N) is 3. The smallest absolute Gasteiger partial charge is 0.475 e. The molecular weight excluding hydrogens is 387 g/mol. The first-order valence-corrected chi connectivity index (χ1v) is 9.43. The summed E-state index contributed by atoms with van der Waals surface area (Å²) in [7, 11) is 1.78. The summed E-state index contributed by atoms with van der Waals surface area (Å²) in [5.41, 5.74) is 0.213. The molecule has 0 unspecified atom stereocenters. The molecule has 0 saturated carbocycles. The van der Waals surface area contributed by atoms with Crippen LogP contribution in [-0.2, 0) is 14.3 Å². The lowest BCUT2D eigenvalue weighted by Gasteiger charge is -2.51. The summed E-state index contributed by atoms with van der Waals surface area (Å²) in [6.45, 7) is 6.69. The van der Waals surface area contributed by atoms with Crippen molar-refractivity contribution in [3.63, 3.8) is 0 Å². The number of piperidine rings is 1. The second-order valence-corrected chi connectivity index (χ2v) is 7.23. The fourth-order valence-corrected chi connectivity index (χ4v) is 3.96. The van der Waals surface area contributed by atoms with Crippen LogP contribution >= 0.6 is 11.3 Å². The Morgan fingerprint density at radius 3 is 2.59 bits per heavy atom. The first-order valence-electron chi connectivity index (χ1n) is 8.55. The van der Waals surface area contributed by atoms with E-state index in [0.717, 1.165) is 64.0 Å². The summed E-state index contributed by atoms with van der Waals surface area (Å²) < 4.78 is 42.8. The molecule has 3 rings (SSSR count). The second-order valence-electron chi connectivity index (χ2n) is 6.36. The van der Waals surface area contributed by atoms with Gasteiger partial charge in [-0.15, -0.1) is 11.3 Å². The van der Waals surface area contributed by atoms with Crippen LogP contribution in [0.1, 0.15) is 12.8 Å². The van der Waals surface area contributed by atoms with E-state index in [4.69, 9.17) is 19.4 Å². The van der Waals surface area contributed by atoms with Crippen molar-refractivity contribution in [3.05, 3.63) is 11.6 Å². The van der Waals surface area contributed by atoms with Gasteiger partial charge in [0.25, 0.3) is 0 Å². The van der Waals surface area contributed by atoms with Crippen molar-refractivity contribution >= 4 is 22.4 Å². The van der Waals surface area contributed by atoms with Gasteiger partial charge in [0.1, 0.15) is 0 Å². The molecule has 0 atom stereocenters. The van der Waals surface area contributed by atoms with Crippen molar-refractivity contribution < 1.29 is 32.5 Å². The highest BCUT2D eigenvalue weighted by atomic mass is 32.1. The Morgan fingerprint density at radius 1 is 1.41 bits per heavy atom. The largest absolute Gasteiger partial charge is 0.490 e. The van der Waals surface area contributed by atoms with Gasteiger partial charge in [-0.3, -0.25) is 4.90 Å². The van der Waals surface area contributed by atoms with Crippen LogP contribution in [0.25, 0.3) is 0 Å². The quantitative estimate of drug-likeness (QED) is 0.813. The molecule has 0 aliphatic carbocycles. The maximum absolute atomic E-state index is 10.6. The molecule has 1 aromatic heterocycles. The zero-order valence-electron chi connectivity index (χ0n) is 15.1. The van der Waals surface area contributed by atoms with Crippen molar-refractivity contribution in [3.8, 4) is 0 Å². The molecular formula is C16H24F3N3O4S. The Morgan fingerprint density at radius 2 is 2.07 bits per heavy atom. The monoisotopic (exact) mass is 411 g/mol. The number of hydrogen-bond donors (Lipinski definition) is 1. The number of thiazole rings is 1. The molecule has 1 spiro atoms. The molecule has 2 aliphatic rings. The first-order chi connectivity index (χ1) is 12.8. The van der Waals surface area contributed by atoms with Gasteiger partial charge in [0.2, 0.25) is 0 Å². The summed E-state index contributed by atoms with van der Waals surface area (Å²) in [6.07, 6.45) is -0.897. The summed E-state index contributed by atoms with van der Waals surface area (Å²) in [5.74, 6) is -2.76. The van der Waals surface area contributed by atoms with Crippen molar-refractivity contribution in [2.75, 3.05) is 58.0 Å². The molecule has 0 bridgehead atoms. The molecule has 11 heteroatoms. The van der Waals surface area contributed by atoms with Gasteiger partial charge in [-0.25, -0.2) is 9.78 Å². The molecule has 7 nitrogen and oxygen atoms in total. The van der Waals surface area contributed by atoms with Crippen LogP contribution in [0.5, 0.6) is 0 Å². The molecule has 0 amide bonds. The Balaban J connectivity index is 0.000000321. The number of methoxy groups -OCH3 is 1. The fourth-order valence-electron chi connectivity index (χ4n) is 3.26. The van der Waals surface area contributed by atoms with Gasteiger partial charge in [-0.2, -0.15) is 13.2 Å². The minimum Gasteiger partial charge on any atom is -0.475 e. The lowest BCUT2D eigenvalue weighted by Crippen LogP contribution is -2.62. The average Bonchev–Trinajstić information content (AvgIpc) is 3.16. The molecule has 154 valence electrons. The number of alkyl halides is 3. The normalized spacial score (nSPS) is 20.2. The van der Waals surface area contributed by atoms with Crippen LogP contribution in [-0.4, -0.2) is 85.8 Å². The molecule has 0 radical (unpaired) electrons. The van der Waals surface area contributed by atoms with Crippen LogP contribution < -0.4 is 4.90 Å². The Labute approximate surface area is 159 Å². The van der Waals surface area contributed by atoms with E-state index in [9.17, 15) is 13.2 Å². The molecule has 27 heavy (non-hydrogen) atoms. The van der Waals surface area contributed by atoms with E-state index in [1.807, 2.05) is 11.6 Å². The predicted octanol–water partition coefficient (Wildman–Crippen LogP) is 2.09. The van der Waals surface area contributed by atoms with Crippen molar-refractivity contribution in [2.45, 2.75) is 24.6 Å². The van der Waals surface area contributed by atoms with Gasteiger partial charge >= 0.3 is 12.1 Å². The molecule has 2 aliphatic heterocycles. The number of aliphatic carboxylic acids is 1. The Hall–Kier alpha value is -1.43. The van der Waals surface area contributed by atoms with Gasteiger partial charge < -0.3 is 19.5 Å². The minimum atomic E-state index is -5.08. The minimum absolute atomic E-state index is 0.213. The van der Waals surface area contributed by atoms with Crippen molar-refractivity contribution in [2.24, 2.45) is 0 Å². The summed E-state index contributed by atoms with van der Waals surface area (Å²) in [4.78, 5) is 18.3. The molecule has 1 aromatic rings. The van der Waals surface area contributed by atoms with E-state index < -0.39 is 12.1 Å². The third-order valence-corrected chi connectivity index (χ3v) is 5.57. The number of anilines is 1. The second kappa shape index (κ2) is 9.67. The van der Waals surface area contributed by atoms with Gasteiger partial charge in [0.05, 0.1) is 19.8 Å². The number of ether oxygens (including phenoxy) is 2. The van der Waals surface area contributed by atoms with Crippen molar-refractivity contribution in [1.29, 1.82) is 0 Å². The van der Waals surface area contributed by atoms with Crippen LogP contribution in [0.3, 0.4) is 0 Å². The first kappa shape index (κ1) is 21.9. The standard InChI is InChI=1S/C14H23N3O2S.C2HF3O2/c1-18-9-7-17-8-10-19-12-14(17)2-5-16(6-3-14)13-15-4-11-20-13;3-2(4,5)1(6)7/h4,11H,2-3,5-10,12H2,1H3;(H,6,7). The van der Waals surface area contributed by atoms with E-state index in [1.54, 1.807) is 18.4 Å². The zero-order chi connectivity index (χ0) is 19.9. The number of halogens is 3. The highest BCUT2D eigenvalue weighted by molar-refractivity contribution is 7.13. The molecule has 2 saturated heterocycles. The Bertz CT molecular complexity index is 578. The van der Waals surface area contributed by atoms with E-state index in [-0.39, 0.29) is 5.54 Å². The topological polar surface area (TPSA) is 75.1 Å². The zero-order valence-corrected chi connectivity index (χ0v) is 15.9. The van der Waals surface area contributed by atoms with E-state index >= 15 is 0 Å². The van der Waals surface area contributed by atoms with E-state index in [1.165, 1.54) is 0 Å². The number of rotatable bonds is 4. The number of carboxylic acid groups (broad SMARTS) is 1. The van der Waals surface area contributed by atoms with Crippen molar-refractivity contribution in [1.82, 2.24) is 9.88 Å². The third-order valence-electron chi connectivity index (χ3n) is 4.74. The lowest BCUT2D eigenvalue weighted by atomic mass is 9.85. The fraction of sp³-hybridized carbons (Fsp3) is 0.750. The van der Waals surface area contributed by atoms with Gasteiger partial charge in [-0.05, 0) is 12.8 Å². The summed E-state index contributed by atoms with van der Waals surface area (Å²) >= 11 is 1.73. The molecule has 1 N–H and O–H groups in total. The summed E-state index contributed by atoms with van der Waals surface area (Å²) in [6, 6.07) is 0. The number of carboxylic acids is 1. The molecule has 2 fully saturated rings. The number of aromatic nitrogens is 1. The van der Waals surface area contributed by atoms with E-state index in [2.05, 4.69) is 14.8 Å².